The molecule has 4 rings (SSSR count). The highest BCUT2D eigenvalue weighted by Crippen LogP contribution is 2.33. The van der Waals surface area contributed by atoms with Crippen molar-refractivity contribution in [1.82, 2.24) is 0 Å². The summed E-state index contributed by atoms with van der Waals surface area (Å²) in [6.07, 6.45) is 0. The van der Waals surface area contributed by atoms with E-state index >= 15 is 0 Å². The van der Waals surface area contributed by atoms with Crippen molar-refractivity contribution < 1.29 is 4.92 Å². The Bertz CT molecular complexity index is 1070. The van der Waals surface area contributed by atoms with Gasteiger partial charge < -0.3 is 0 Å². The lowest BCUT2D eigenvalue weighted by molar-refractivity contribution is -0.384. The van der Waals surface area contributed by atoms with Gasteiger partial charge >= 0.3 is 0 Å². The zero-order valence-corrected chi connectivity index (χ0v) is 13.0. The number of hydrogen-bond donors (Lipinski definition) is 0. The van der Waals surface area contributed by atoms with E-state index in [2.05, 4.69) is 40.2 Å². The summed E-state index contributed by atoms with van der Waals surface area (Å²) in [6, 6.07) is 19.4. The second kappa shape index (κ2) is 4.78. The van der Waals surface area contributed by atoms with E-state index in [1.807, 2.05) is 24.3 Å². The molecule has 0 heterocycles. The molecule has 0 saturated carbocycles. The Labute approximate surface area is 134 Å². The van der Waals surface area contributed by atoms with Crippen LogP contribution in [0.25, 0.3) is 32.3 Å². The fraction of sp³-hybridized carbons (Fsp3) is 0. The fourth-order valence-corrected chi connectivity index (χ4v) is 3.34. The lowest BCUT2D eigenvalue weighted by Gasteiger charge is -2.08. The second-order valence-corrected chi connectivity index (χ2v) is 6.17. The van der Waals surface area contributed by atoms with Crippen LogP contribution in [0.4, 0.5) is 5.69 Å². The van der Waals surface area contributed by atoms with Crippen LogP contribution in [-0.2, 0) is 0 Å². The van der Waals surface area contributed by atoms with E-state index in [4.69, 9.17) is 0 Å². The van der Waals surface area contributed by atoms with E-state index in [-0.39, 0.29) is 10.6 Å². The van der Waals surface area contributed by atoms with Crippen LogP contribution < -0.4 is 0 Å². The zero-order chi connectivity index (χ0) is 15.3. The van der Waals surface area contributed by atoms with Crippen LogP contribution >= 0.6 is 15.9 Å². The van der Waals surface area contributed by atoms with E-state index in [0.29, 0.717) is 0 Å². The zero-order valence-electron chi connectivity index (χ0n) is 11.4. The van der Waals surface area contributed by atoms with Gasteiger partial charge in [-0.3, -0.25) is 10.1 Å². The third-order valence-electron chi connectivity index (χ3n) is 3.99. The van der Waals surface area contributed by atoms with Gasteiger partial charge in [-0.15, -0.1) is 0 Å². The van der Waals surface area contributed by atoms with Crippen molar-refractivity contribution in [2.24, 2.45) is 0 Å². The van der Waals surface area contributed by atoms with Crippen molar-refractivity contribution in [1.29, 1.82) is 0 Å². The summed E-state index contributed by atoms with van der Waals surface area (Å²) in [4.78, 5) is 10.6. The van der Waals surface area contributed by atoms with Crippen LogP contribution in [0.2, 0.25) is 0 Å². The first-order valence-corrected chi connectivity index (χ1v) is 7.62. The molecule has 3 nitrogen and oxygen atoms in total. The number of fused-ring (bicyclic) bond motifs is 5. The lowest BCUT2D eigenvalue weighted by atomic mass is 9.97. The Morgan fingerprint density at radius 3 is 1.91 bits per heavy atom. The van der Waals surface area contributed by atoms with Crippen molar-refractivity contribution in [3.63, 3.8) is 0 Å². The highest BCUT2D eigenvalue weighted by molar-refractivity contribution is 9.10. The van der Waals surface area contributed by atoms with Crippen molar-refractivity contribution >= 4 is 53.9 Å². The molecule has 0 N–H and O–H groups in total. The fourth-order valence-electron chi connectivity index (χ4n) is 2.96. The first-order valence-electron chi connectivity index (χ1n) is 6.83. The quantitative estimate of drug-likeness (QED) is 0.246. The predicted molar refractivity (Wildman–Crippen MR) is 93.3 cm³/mol. The van der Waals surface area contributed by atoms with Crippen LogP contribution in [0.5, 0.6) is 0 Å². The molecule has 4 aromatic carbocycles. The Morgan fingerprint density at radius 2 is 1.27 bits per heavy atom. The highest BCUT2D eigenvalue weighted by atomic mass is 79.9. The van der Waals surface area contributed by atoms with Crippen molar-refractivity contribution in [3.8, 4) is 0 Å². The van der Waals surface area contributed by atoms with Crippen LogP contribution in [-0.4, -0.2) is 4.92 Å². The van der Waals surface area contributed by atoms with Gasteiger partial charge in [0.25, 0.3) is 5.69 Å². The molecule has 0 bridgehead atoms. The largest absolute Gasteiger partial charge is 0.270 e. The van der Waals surface area contributed by atoms with Crippen LogP contribution in [0.15, 0.2) is 65.1 Å². The average molecular weight is 352 g/mol. The van der Waals surface area contributed by atoms with Gasteiger partial charge in [0.05, 0.1) is 4.92 Å². The molecule has 0 spiro atoms. The van der Waals surface area contributed by atoms with E-state index in [1.165, 1.54) is 10.8 Å². The van der Waals surface area contributed by atoms with Crippen LogP contribution in [0, 0.1) is 10.1 Å². The third kappa shape index (κ3) is 1.96. The maximum absolute atomic E-state index is 10.9. The number of nitro groups is 1. The number of nitrogens with zero attached hydrogens (tertiary/aromatic N) is 1. The maximum Gasteiger partial charge on any atom is 0.270 e. The van der Waals surface area contributed by atoms with E-state index in [0.717, 1.165) is 26.0 Å². The summed E-state index contributed by atoms with van der Waals surface area (Å²) in [7, 11) is 0. The summed E-state index contributed by atoms with van der Waals surface area (Å²) in [5.74, 6) is 0. The molecule has 22 heavy (non-hydrogen) atoms. The normalized spacial score (nSPS) is 11.3. The number of non-ortho nitro benzene ring substituents is 1. The van der Waals surface area contributed by atoms with Gasteiger partial charge in [0, 0.05) is 16.6 Å². The Hall–Kier alpha value is -2.46. The van der Waals surface area contributed by atoms with Gasteiger partial charge in [0.15, 0.2) is 0 Å². The van der Waals surface area contributed by atoms with Crippen LogP contribution in [0.3, 0.4) is 0 Å². The first kappa shape index (κ1) is 13.2. The topological polar surface area (TPSA) is 43.1 Å². The number of nitro benzene ring substituents is 1. The molecule has 0 aliphatic heterocycles. The minimum atomic E-state index is -0.360. The van der Waals surface area contributed by atoms with Gasteiger partial charge in [-0.25, -0.2) is 0 Å². The lowest BCUT2D eigenvalue weighted by Crippen LogP contribution is -1.88. The molecule has 0 aliphatic carbocycles. The van der Waals surface area contributed by atoms with E-state index in [1.54, 1.807) is 12.1 Å². The predicted octanol–water partition coefficient (Wildman–Crippen LogP) is 5.82. The number of rotatable bonds is 1. The van der Waals surface area contributed by atoms with Crippen molar-refractivity contribution in [2.75, 3.05) is 0 Å². The molecular formula is C18H10BrNO2. The van der Waals surface area contributed by atoms with Gasteiger partial charge in [0.1, 0.15) is 0 Å². The van der Waals surface area contributed by atoms with Gasteiger partial charge in [0.2, 0.25) is 0 Å². The van der Waals surface area contributed by atoms with E-state index < -0.39 is 0 Å². The minimum absolute atomic E-state index is 0.122. The van der Waals surface area contributed by atoms with Gasteiger partial charge in [-0.1, -0.05) is 46.3 Å². The highest BCUT2D eigenvalue weighted by Gasteiger charge is 2.09. The molecular weight excluding hydrogens is 342 g/mol. The van der Waals surface area contributed by atoms with Gasteiger partial charge in [-0.05, 0) is 50.5 Å². The molecule has 0 radical (unpaired) electrons. The van der Waals surface area contributed by atoms with Crippen LogP contribution in [0.1, 0.15) is 0 Å². The summed E-state index contributed by atoms with van der Waals surface area (Å²) < 4.78 is 1.05. The maximum atomic E-state index is 10.9. The molecule has 4 heteroatoms. The monoisotopic (exact) mass is 351 g/mol. The summed E-state index contributed by atoms with van der Waals surface area (Å²) in [6.45, 7) is 0. The van der Waals surface area contributed by atoms with Gasteiger partial charge in [-0.2, -0.15) is 0 Å². The summed E-state index contributed by atoms with van der Waals surface area (Å²) in [5.41, 5.74) is 0.122. The molecule has 0 unspecified atom stereocenters. The molecule has 0 aliphatic rings. The molecule has 106 valence electrons. The third-order valence-corrected chi connectivity index (χ3v) is 4.48. The van der Waals surface area contributed by atoms with Crippen molar-refractivity contribution in [2.45, 2.75) is 0 Å². The average Bonchev–Trinajstić information content (AvgIpc) is 2.53. The number of halogens is 1. The SMILES string of the molecule is O=[N+]([O-])c1ccc2c(ccc3c4ccc(Br)cc4ccc23)c1. The molecule has 0 saturated heterocycles. The molecule has 4 aromatic rings. The Kier molecular flexibility index (Phi) is 2.87. The molecule has 0 aromatic heterocycles. The smallest absolute Gasteiger partial charge is 0.258 e. The molecule has 0 fully saturated rings. The molecule has 0 atom stereocenters. The summed E-state index contributed by atoms with van der Waals surface area (Å²) in [5, 5.41) is 17.5. The first-order chi connectivity index (χ1) is 10.6. The Balaban J connectivity index is 2.12. The number of hydrogen-bond acceptors (Lipinski definition) is 2. The standard InChI is InChI=1S/C18H10BrNO2/c19-13-3-7-15-11(9-13)1-5-18-16-8-4-14(20(21)22)10-12(16)2-6-17(15)18/h1-10H. The number of benzene rings is 4. The Morgan fingerprint density at radius 1 is 0.727 bits per heavy atom. The second-order valence-electron chi connectivity index (χ2n) is 5.25. The van der Waals surface area contributed by atoms with Crippen molar-refractivity contribution in [3.05, 3.63) is 75.3 Å². The van der Waals surface area contributed by atoms with E-state index in [9.17, 15) is 10.1 Å². The molecule has 0 amide bonds. The minimum Gasteiger partial charge on any atom is -0.258 e. The summed E-state index contributed by atoms with van der Waals surface area (Å²) >= 11 is 3.49.